The van der Waals surface area contributed by atoms with Crippen molar-refractivity contribution in [2.45, 2.75) is 19.1 Å². The first-order valence-electron chi connectivity index (χ1n) is 8.09. The van der Waals surface area contributed by atoms with E-state index in [0.717, 1.165) is 12.1 Å². The second kappa shape index (κ2) is 7.97. The average Bonchev–Trinajstić information content (AvgIpc) is 2.59. The van der Waals surface area contributed by atoms with Crippen LogP contribution in [0, 0.1) is 11.2 Å². The van der Waals surface area contributed by atoms with Crippen LogP contribution in [0.1, 0.15) is 29.7 Å². The predicted molar refractivity (Wildman–Crippen MR) is 96.5 cm³/mol. The summed E-state index contributed by atoms with van der Waals surface area (Å²) < 4.78 is 52.0. The molecule has 0 fully saturated rings. The van der Waals surface area contributed by atoms with Crippen molar-refractivity contribution >= 4 is 17.5 Å². The Morgan fingerprint density at radius 2 is 2.04 bits per heavy atom. The standard InChI is InChI=1S/C17H19F4N5O2/c1-8(9-4-5-10(11(18)6-9)17(19,20)21)23-14-13(12(22)7-27)15(28)25-16(24-14)26(2)3/h4-6,8,22,27H,7H2,1-3H3,(H2,23,24,25,28). The van der Waals surface area contributed by atoms with Crippen molar-refractivity contribution in [3.63, 3.8) is 0 Å². The van der Waals surface area contributed by atoms with Gasteiger partial charge < -0.3 is 20.7 Å². The molecule has 7 nitrogen and oxygen atoms in total. The Morgan fingerprint density at radius 3 is 2.54 bits per heavy atom. The highest BCUT2D eigenvalue weighted by atomic mass is 19.4. The number of aromatic nitrogens is 2. The number of aliphatic hydroxyl groups is 1. The van der Waals surface area contributed by atoms with Gasteiger partial charge in [-0.05, 0) is 24.6 Å². The maximum atomic E-state index is 13.8. The molecule has 1 aromatic carbocycles. The monoisotopic (exact) mass is 401 g/mol. The van der Waals surface area contributed by atoms with Crippen LogP contribution < -0.4 is 15.8 Å². The van der Waals surface area contributed by atoms with Crippen LogP contribution >= 0.6 is 0 Å². The summed E-state index contributed by atoms with van der Waals surface area (Å²) in [6.07, 6.45) is -4.81. The molecule has 11 heteroatoms. The van der Waals surface area contributed by atoms with Crippen molar-refractivity contribution in [2.75, 3.05) is 30.9 Å². The van der Waals surface area contributed by atoms with Crippen molar-refractivity contribution < 1.29 is 22.7 Å². The topological polar surface area (TPSA) is 105 Å². The molecule has 4 N–H and O–H groups in total. The highest BCUT2D eigenvalue weighted by Crippen LogP contribution is 2.33. The van der Waals surface area contributed by atoms with Gasteiger partial charge in [-0.3, -0.25) is 9.78 Å². The molecule has 0 saturated heterocycles. The van der Waals surface area contributed by atoms with Gasteiger partial charge in [0.1, 0.15) is 17.2 Å². The van der Waals surface area contributed by atoms with E-state index in [1.54, 1.807) is 14.1 Å². The summed E-state index contributed by atoms with van der Waals surface area (Å²) in [6.45, 7) is 0.816. The second-order valence-corrected chi connectivity index (χ2v) is 6.25. The van der Waals surface area contributed by atoms with Gasteiger partial charge in [0, 0.05) is 14.1 Å². The fraction of sp³-hybridized carbons (Fsp3) is 0.353. The molecule has 2 aromatic rings. The van der Waals surface area contributed by atoms with E-state index in [1.165, 1.54) is 11.8 Å². The van der Waals surface area contributed by atoms with Crippen LogP contribution in [0.2, 0.25) is 0 Å². The SMILES string of the molecule is CC(Nc1nc(N(C)C)[nH]c(=O)c1C(=N)CO)c1ccc(C(F)(F)F)c(F)c1. The first kappa shape index (κ1) is 21.4. The lowest BCUT2D eigenvalue weighted by Gasteiger charge is -2.20. The first-order chi connectivity index (χ1) is 13.0. The number of nitrogens with one attached hydrogen (secondary N) is 3. The van der Waals surface area contributed by atoms with E-state index in [9.17, 15) is 27.5 Å². The Balaban J connectivity index is 2.45. The number of alkyl halides is 3. The summed E-state index contributed by atoms with van der Waals surface area (Å²) in [7, 11) is 3.24. The molecular formula is C17H19F4N5O2. The molecule has 1 unspecified atom stereocenters. The summed E-state index contributed by atoms with van der Waals surface area (Å²) in [4.78, 5) is 20.4. The molecular weight excluding hydrogens is 382 g/mol. The van der Waals surface area contributed by atoms with Gasteiger partial charge in [0.2, 0.25) is 5.95 Å². The number of hydrogen-bond donors (Lipinski definition) is 4. The average molecular weight is 401 g/mol. The normalized spacial score (nSPS) is 12.6. The van der Waals surface area contributed by atoms with Gasteiger partial charge in [-0.1, -0.05) is 6.07 Å². The van der Waals surface area contributed by atoms with Gasteiger partial charge >= 0.3 is 6.18 Å². The number of aromatic amines is 1. The third-order valence-electron chi connectivity index (χ3n) is 3.94. The van der Waals surface area contributed by atoms with Crippen LogP contribution in [0.15, 0.2) is 23.0 Å². The van der Waals surface area contributed by atoms with Gasteiger partial charge in [-0.15, -0.1) is 0 Å². The fourth-order valence-corrected chi connectivity index (χ4v) is 2.46. The van der Waals surface area contributed by atoms with Crippen molar-refractivity contribution in [1.82, 2.24) is 9.97 Å². The van der Waals surface area contributed by atoms with E-state index < -0.39 is 41.5 Å². The van der Waals surface area contributed by atoms with Gasteiger partial charge in [-0.25, -0.2) is 4.39 Å². The number of aliphatic hydroxyl groups excluding tert-OH is 1. The van der Waals surface area contributed by atoms with Crippen molar-refractivity contribution in [1.29, 1.82) is 5.41 Å². The number of rotatable bonds is 6. The maximum absolute atomic E-state index is 13.8. The third kappa shape index (κ3) is 4.47. The Hall–Kier alpha value is -2.95. The number of halogens is 4. The molecule has 1 atom stereocenters. The molecule has 2 rings (SSSR count). The summed E-state index contributed by atoms with van der Waals surface area (Å²) in [6, 6.07) is 1.75. The van der Waals surface area contributed by atoms with E-state index >= 15 is 0 Å². The van der Waals surface area contributed by atoms with Crippen LogP contribution in [0.4, 0.5) is 29.3 Å². The lowest BCUT2D eigenvalue weighted by Crippen LogP contribution is -2.28. The molecule has 0 aliphatic carbocycles. The number of hydrogen-bond acceptors (Lipinski definition) is 6. The van der Waals surface area contributed by atoms with E-state index in [2.05, 4.69) is 15.3 Å². The van der Waals surface area contributed by atoms with Crippen molar-refractivity contribution in [3.8, 4) is 0 Å². The Kier molecular flexibility index (Phi) is 6.07. The molecule has 0 aliphatic rings. The zero-order valence-electron chi connectivity index (χ0n) is 15.3. The van der Waals surface area contributed by atoms with E-state index in [-0.39, 0.29) is 22.9 Å². The van der Waals surface area contributed by atoms with Gasteiger partial charge in [0.25, 0.3) is 5.56 Å². The van der Waals surface area contributed by atoms with Crippen LogP contribution in [-0.2, 0) is 6.18 Å². The van der Waals surface area contributed by atoms with Gasteiger partial charge in [0.05, 0.1) is 23.9 Å². The lowest BCUT2D eigenvalue weighted by atomic mass is 10.0. The fourth-order valence-electron chi connectivity index (χ4n) is 2.46. The van der Waals surface area contributed by atoms with Gasteiger partial charge in [0.15, 0.2) is 0 Å². The number of anilines is 2. The minimum Gasteiger partial charge on any atom is -0.390 e. The summed E-state index contributed by atoms with van der Waals surface area (Å²) in [5.41, 5.74) is -2.48. The summed E-state index contributed by atoms with van der Waals surface area (Å²) >= 11 is 0. The lowest BCUT2D eigenvalue weighted by molar-refractivity contribution is -0.140. The van der Waals surface area contributed by atoms with E-state index in [0.29, 0.717) is 6.07 Å². The molecule has 1 aromatic heterocycles. The third-order valence-corrected chi connectivity index (χ3v) is 3.94. The van der Waals surface area contributed by atoms with Crippen LogP contribution in [0.3, 0.4) is 0 Å². The van der Waals surface area contributed by atoms with Crippen LogP contribution in [-0.4, -0.2) is 41.5 Å². The van der Waals surface area contributed by atoms with E-state index in [1.807, 2.05) is 0 Å². The quantitative estimate of drug-likeness (QED) is 0.440. The van der Waals surface area contributed by atoms with Crippen LogP contribution in [0.5, 0.6) is 0 Å². The van der Waals surface area contributed by atoms with Crippen molar-refractivity contribution in [3.05, 3.63) is 51.1 Å². The molecule has 152 valence electrons. The molecule has 0 bridgehead atoms. The smallest absolute Gasteiger partial charge is 0.390 e. The molecule has 0 saturated carbocycles. The molecule has 0 spiro atoms. The molecule has 0 amide bonds. The maximum Gasteiger partial charge on any atom is 0.419 e. The van der Waals surface area contributed by atoms with Gasteiger partial charge in [-0.2, -0.15) is 18.2 Å². The van der Waals surface area contributed by atoms with E-state index in [4.69, 9.17) is 5.41 Å². The Bertz CT molecular complexity index is 940. The number of H-pyrrole nitrogens is 1. The number of nitrogens with zero attached hydrogens (tertiary/aromatic N) is 2. The summed E-state index contributed by atoms with van der Waals surface area (Å²) in [5, 5.41) is 19.8. The zero-order valence-corrected chi connectivity index (χ0v) is 15.3. The highest BCUT2D eigenvalue weighted by molar-refractivity contribution is 6.02. The zero-order chi connectivity index (χ0) is 21.2. The second-order valence-electron chi connectivity index (χ2n) is 6.25. The Morgan fingerprint density at radius 1 is 1.39 bits per heavy atom. The largest absolute Gasteiger partial charge is 0.419 e. The van der Waals surface area contributed by atoms with Crippen molar-refractivity contribution in [2.24, 2.45) is 0 Å². The molecule has 0 radical (unpaired) electrons. The molecule has 0 aliphatic heterocycles. The highest BCUT2D eigenvalue weighted by Gasteiger charge is 2.34. The first-order valence-corrected chi connectivity index (χ1v) is 8.09. The number of benzene rings is 1. The predicted octanol–water partition coefficient (Wildman–Crippen LogP) is 2.53. The molecule has 28 heavy (non-hydrogen) atoms. The Labute approximate surface area is 157 Å². The minimum atomic E-state index is -4.81. The summed E-state index contributed by atoms with van der Waals surface area (Å²) in [5.74, 6) is -1.32. The minimum absolute atomic E-state index is 0.0562. The molecule has 1 heterocycles. The van der Waals surface area contributed by atoms with Crippen LogP contribution in [0.25, 0.3) is 0 Å².